The summed E-state index contributed by atoms with van der Waals surface area (Å²) in [6, 6.07) is 0.474. The van der Waals surface area contributed by atoms with Gasteiger partial charge >= 0.3 is 0 Å². The number of hydrogen-bond acceptors (Lipinski definition) is 2. The third-order valence-electron chi connectivity index (χ3n) is 3.03. The first-order chi connectivity index (χ1) is 6.16. The van der Waals surface area contributed by atoms with Crippen LogP contribution in [-0.4, -0.2) is 29.4 Å². The summed E-state index contributed by atoms with van der Waals surface area (Å²) in [6.07, 6.45) is 4.37. The summed E-state index contributed by atoms with van der Waals surface area (Å²) >= 11 is 0. The van der Waals surface area contributed by atoms with Crippen molar-refractivity contribution < 1.29 is 4.79 Å². The molecule has 1 saturated heterocycles. The van der Waals surface area contributed by atoms with Gasteiger partial charge in [0.05, 0.1) is 6.04 Å². The molecular formula is C10H20N2O. The molecule has 0 radical (unpaired) electrons. The van der Waals surface area contributed by atoms with E-state index in [9.17, 15) is 4.79 Å². The van der Waals surface area contributed by atoms with Crippen LogP contribution >= 0.6 is 0 Å². The quantitative estimate of drug-likeness (QED) is 0.714. The van der Waals surface area contributed by atoms with Crippen LogP contribution in [0.1, 0.15) is 39.5 Å². The number of rotatable bonds is 3. The molecule has 2 N–H and O–H groups in total. The van der Waals surface area contributed by atoms with Gasteiger partial charge in [-0.3, -0.25) is 9.69 Å². The average Bonchev–Trinajstić information content (AvgIpc) is 2.16. The van der Waals surface area contributed by atoms with E-state index in [1.807, 2.05) is 0 Å². The molecule has 0 aliphatic carbocycles. The molecule has 76 valence electrons. The number of amides is 1. The predicted molar refractivity (Wildman–Crippen MR) is 53.3 cm³/mol. The summed E-state index contributed by atoms with van der Waals surface area (Å²) in [5, 5.41) is 0. The zero-order chi connectivity index (χ0) is 9.84. The van der Waals surface area contributed by atoms with E-state index in [1.165, 1.54) is 6.42 Å². The molecule has 0 bridgehead atoms. The standard InChI is InChI=1S/C10H20N2O/c1-3-8(2)12-7-5-4-6-9(12)10(11)13/h8-9H,3-7H2,1-2H3,(H2,11,13). The minimum Gasteiger partial charge on any atom is -0.368 e. The van der Waals surface area contributed by atoms with Crippen LogP contribution in [0.3, 0.4) is 0 Å². The third kappa shape index (κ3) is 2.44. The maximum absolute atomic E-state index is 11.2. The van der Waals surface area contributed by atoms with Crippen molar-refractivity contribution >= 4 is 5.91 Å². The van der Waals surface area contributed by atoms with E-state index < -0.39 is 0 Å². The van der Waals surface area contributed by atoms with Crippen molar-refractivity contribution in [2.24, 2.45) is 5.73 Å². The molecular weight excluding hydrogens is 164 g/mol. The van der Waals surface area contributed by atoms with Crippen LogP contribution in [0.2, 0.25) is 0 Å². The Kier molecular flexibility index (Phi) is 3.72. The monoisotopic (exact) mass is 184 g/mol. The van der Waals surface area contributed by atoms with E-state index >= 15 is 0 Å². The molecule has 0 aromatic heterocycles. The average molecular weight is 184 g/mol. The molecule has 13 heavy (non-hydrogen) atoms. The summed E-state index contributed by atoms with van der Waals surface area (Å²) in [5.74, 6) is -0.153. The van der Waals surface area contributed by atoms with Crippen molar-refractivity contribution in [1.29, 1.82) is 0 Å². The first kappa shape index (κ1) is 10.5. The highest BCUT2D eigenvalue weighted by Crippen LogP contribution is 2.20. The predicted octanol–water partition coefficient (Wildman–Crippen LogP) is 1.12. The lowest BCUT2D eigenvalue weighted by Crippen LogP contribution is -2.51. The summed E-state index contributed by atoms with van der Waals surface area (Å²) in [4.78, 5) is 13.4. The van der Waals surface area contributed by atoms with Gasteiger partial charge < -0.3 is 5.73 Å². The molecule has 1 rings (SSSR count). The summed E-state index contributed by atoms with van der Waals surface area (Å²) in [7, 11) is 0. The fourth-order valence-electron chi connectivity index (χ4n) is 2.02. The fourth-order valence-corrected chi connectivity index (χ4v) is 2.02. The Morgan fingerprint density at radius 3 is 2.85 bits per heavy atom. The van der Waals surface area contributed by atoms with Crippen molar-refractivity contribution in [2.45, 2.75) is 51.6 Å². The van der Waals surface area contributed by atoms with Crippen molar-refractivity contribution in [3.8, 4) is 0 Å². The van der Waals surface area contributed by atoms with Gasteiger partial charge in [0.15, 0.2) is 0 Å². The molecule has 0 aromatic rings. The molecule has 1 aliphatic rings. The third-order valence-corrected chi connectivity index (χ3v) is 3.03. The molecule has 2 atom stereocenters. The lowest BCUT2D eigenvalue weighted by atomic mass is 9.99. The van der Waals surface area contributed by atoms with Gasteiger partial charge in [-0.05, 0) is 32.7 Å². The van der Waals surface area contributed by atoms with Crippen LogP contribution in [0.4, 0.5) is 0 Å². The lowest BCUT2D eigenvalue weighted by Gasteiger charge is -2.37. The molecule has 0 aromatic carbocycles. The SMILES string of the molecule is CCC(C)N1CCCCC1C(N)=O. The minimum absolute atomic E-state index is 0.0105. The van der Waals surface area contributed by atoms with Crippen LogP contribution < -0.4 is 5.73 Å². The van der Waals surface area contributed by atoms with Gasteiger partial charge in [0.25, 0.3) is 0 Å². The van der Waals surface area contributed by atoms with Crippen molar-refractivity contribution in [2.75, 3.05) is 6.54 Å². The van der Waals surface area contributed by atoms with E-state index in [0.717, 1.165) is 25.8 Å². The summed E-state index contributed by atoms with van der Waals surface area (Å²) in [6.45, 7) is 5.35. The van der Waals surface area contributed by atoms with Gasteiger partial charge in [0.1, 0.15) is 0 Å². The van der Waals surface area contributed by atoms with Crippen LogP contribution in [0.15, 0.2) is 0 Å². The highest BCUT2D eigenvalue weighted by molar-refractivity contribution is 5.79. The van der Waals surface area contributed by atoms with Gasteiger partial charge in [-0.25, -0.2) is 0 Å². The van der Waals surface area contributed by atoms with Crippen molar-refractivity contribution in [3.63, 3.8) is 0 Å². The highest BCUT2D eigenvalue weighted by atomic mass is 16.1. The summed E-state index contributed by atoms with van der Waals surface area (Å²) in [5.41, 5.74) is 5.37. The maximum atomic E-state index is 11.2. The zero-order valence-electron chi connectivity index (χ0n) is 8.62. The highest BCUT2D eigenvalue weighted by Gasteiger charge is 2.29. The van der Waals surface area contributed by atoms with Crippen LogP contribution in [0, 0.1) is 0 Å². The van der Waals surface area contributed by atoms with Gasteiger partial charge in [-0.1, -0.05) is 13.3 Å². The van der Waals surface area contributed by atoms with E-state index in [2.05, 4.69) is 18.7 Å². The van der Waals surface area contributed by atoms with Crippen LogP contribution in [0.5, 0.6) is 0 Å². The molecule has 1 fully saturated rings. The molecule has 1 aliphatic heterocycles. The largest absolute Gasteiger partial charge is 0.368 e. The molecule has 0 saturated carbocycles. The molecule has 0 spiro atoms. The fraction of sp³-hybridized carbons (Fsp3) is 0.900. The van der Waals surface area contributed by atoms with Gasteiger partial charge in [-0.15, -0.1) is 0 Å². The molecule has 1 heterocycles. The van der Waals surface area contributed by atoms with E-state index in [-0.39, 0.29) is 11.9 Å². The number of piperidine rings is 1. The first-order valence-corrected chi connectivity index (χ1v) is 5.22. The molecule has 2 unspecified atom stereocenters. The second-order valence-corrected chi connectivity index (χ2v) is 3.91. The summed E-state index contributed by atoms with van der Waals surface area (Å²) < 4.78 is 0. The Bertz CT molecular complexity index is 182. The Labute approximate surface area is 80.3 Å². The van der Waals surface area contributed by atoms with Crippen LogP contribution in [-0.2, 0) is 4.79 Å². The van der Waals surface area contributed by atoms with Crippen LogP contribution in [0.25, 0.3) is 0 Å². The zero-order valence-corrected chi connectivity index (χ0v) is 8.62. The van der Waals surface area contributed by atoms with Gasteiger partial charge in [0.2, 0.25) is 5.91 Å². The van der Waals surface area contributed by atoms with Gasteiger partial charge in [-0.2, -0.15) is 0 Å². The lowest BCUT2D eigenvalue weighted by molar-refractivity contribution is -0.125. The maximum Gasteiger partial charge on any atom is 0.234 e. The van der Waals surface area contributed by atoms with Crippen molar-refractivity contribution in [3.05, 3.63) is 0 Å². The second kappa shape index (κ2) is 4.61. The minimum atomic E-state index is -0.153. The number of nitrogens with zero attached hydrogens (tertiary/aromatic N) is 1. The Hall–Kier alpha value is -0.570. The van der Waals surface area contributed by atoms with E-state index in [4.69, 9.17) is 5.73 Å². The first-order valence-electron chi connectivity index (χ1n) is 5.22. The molecule has 3 nitrogen and oxygen atoms in total. The smallest absolute Gasteiger partial charge is 0.234 e. The number of likely N-dealkylation sites (tertiary alicyclic amines) is 1. The Morgan fingerprint density at radius 1 is 1.62 bits per heavy atom. The number of nitrogens with two attached hydrogens (primary N) is 1. The normalized spacial score (nSPS) is 27.1. The van der Waals surface area contributed by atoms with E-state index in [1.54, 1.807) is 0 Å². The Morgan fingerprint density at radius 2 is 2.31 bits per heavy atom. The second-order valence-electron chi connectivity index (χ2n) is 3.91. The Balaban J connectivity index is 2.61. The number of carbonyl (C=O) groups is 1. The van der Waals surface area contributed by atoms with E-state index in [0.29, 0.717) is 6.04 Å². The van der Waals surface area contributed by atoms with Gasteiger partial charge in [0, 0.05) is 6.04 Å². The molecule has 1 amide bonds. The number of carbonyl (C=O) groups excluding carboxylic acids is 1. The molecule has 3 heteroatoms. The van der Waals surface area contributed by atoms with Crippen molar-refractivity contribution in [1.82, 2.24) is 4.90 Å². The topological polar surface area (TPSA) is 46.3 Å². The number of primary amides is 1. The number of hydrogen-bond donors (Lipinski definition) is 1.